The molecule has 30 heavy (non-hydrogen) atoms. The van der Waals surface area contributed by atoms with Crippen molar-refractivity contribution < 1.29 is 9.59 Å². The van der Waals surface area contributed by atoms with Crippen molar-refractivity contribution in [2.75, 3.05) is 11.9 Å². The van der Waals surface area contributed by atoms with Crippen molar-refractivity contribution in [3.8, 4) is 0 Å². The van der Waals surface area contributed by atoms with Crippen molar-refractivity contribution in [2.24, 2.45) is 11.3 Å². The molecule has 7 rings (SSSR count). The van der Waals surface area contributed by atoms with Gasteiger partial charge < -0.3 is 5.32 Å². The molecule has 0 spiro atoms. The minimum atomic E-state index is -0.880. The summed E-state index contributed by atoms with van der Waals surface area (Å²) in [5.74, 6) is 0.603. The third-order valence-electron chi connectivity index (χ3n) is 7.03. The molecule has 4 heterocycles. The lowest BCUT2D eigenvalue weighted by atomic mass is 9.86. The Labute approximate surface area is 177 Å². The molecule has 4 aliphatic rings. The van der Waals surface area contributed by atoms with Crippen molar-refractivity contribution in [3.05, 3.63) is 69.8 Å². The summed E-state index contributed by atoms with van der Waals surface area (Å²) >= 11 is 1.27. The molecular formula is C22H19N5O2S. The van der Waals surface area contributed by atoms with Crippen LogP contribution in [0.5, 0.6) is 0 Å². The van der Waals surface area contributed by atoms with Gasteiger partial charge in [0.2, 0.25) is 5.01 Å². The van der Waals surface area contributed by atoms with Crippen LogP contribution in [-0.2, 0) is 11.2 Å². The highest BCUT2D eigenvalue weighted by atomic mass is 32.1. The number of carbonyl (C=O) groups excluding carboxylic acids is 2. The summed E-state index contributed by atoms with van der Waals surface area (Å²) in [5.41, 5.74) is 1.06. The van der Waals surface area contributed by atoms with E-state index in [1.807, 2.05) is 42.5 Å². The molecule has 2 fully saturated rings. The van der Waals surface area contributed by atoms with Crippen LogP contribution >= 0.6 is 11.3 Å². The van der Waals surface area contributed by atoms with Crippen molar-refractivity contribution in [1.82, 2.24) is 20.5 Å². The van der Waals surface area contributed by atoms with Gasteiger partial charge in [-0.15, -0.1) is 10.2 Å². The number of aromatic nitrogens is 3. The molecule has 8 heteroatoms. The van der Waals surface area contributed by atoms with Crippen LogP contribution in [0.4, 0.5) is 5.82 Å². The van der Waals surface area contributed by atoms with Gasteiger partial charge in [-0.05, 0) is 17.2 Å². The fraction of sp³-hybridized carbons (Fsp3) is 0.318. The zero-order valence-electron chi connectivity index (χ0n) is 16.5. The molecule has 2 aliphatic carbocycles. The van der Waals surface area contributed by atoms with Crippen LogP contribution < -0.4 is 10.2 Å². The number of pyridine rings is 1. The number of likely N-dealkylation sites (N-methyl/N-ethyl adjacent to an activating group) is 1. The Hall–Kier alpha value is -3.13. The molecule has 1 aromatic carbocycles. The summed E-state index contributed by atoms with van der Waals surface area (Å²) in [6, 6.07) is 13.9. The molecule has 2 bridgehead atoms. The summed E-state index contributed by atoms with van der Waals surface area (Å²) < 4.78 is 0. The van der Waals surface area contributed by atoms with Crippen molar-refractivity contribution in [1.29, 1.82) is 0 Å². The highest BCUT2D eigenvalue weighted by molar-refractivity contribution is 7.13. The van der Waals surface area contributed by atoms with E-state index in [1.54, 1.807) is 18.1 Å². The number of rotatable bonds is 4. The average molecular weight is 417 g/mol. The van der Waals surface area contributed by atoms with Crippen LogP contribution in [-0.4, -0.2) is 39.6 Å². The standard InChI is InChI=1S/C22H19N5O2S/c1-21-15-13-9-6-10-23-17(13)27(2)20(29)22(21,16(15)21)24-18(28)19-26-25-14(30-19)11-12-7-4-3-5-8-12/h3-10,15-16H,11H2,1-2H3,(H,24,28). The van der Waals surface area contributed by atoms with Crippen LogP contribution in [0, 0.1) is 11.3 Å². The first-order chi connectivity index (χ1) is 14.5. The molecule has 2 aromatic heterocycles. The zero-order chi connectivity index (χ0) is 20.7. The summed E-state index contributed by atoms with van der Waals surface area (Å²) in [5, 5.41) is 12.4. The SMILES string of the molecule is CN1C(=O)C2(NC(=O)c3nnc(Cc4ccccc4)s3)C3C(c4cccnc41)C32C. The van der Waals surface area contributed by atoms with Crippen molar-refractivity contribution in [3.63, 3.8) is 0 Å². The Morgan fingerprint density at radius 3 is 2.73 bits per heavy atom. The van der Waals surface area contributed by atoms with Crippen LogP contribution in [0.3, 0.4) is 0 Å². The predicted molar refractivity (Wildman–Crippen MR) is 111 cm³/mol. The topological polar surface area (TPSA) is 88.1 Å². The van der Waals surface area contributed by atoms with Gasteiger partial charge in [0.25, 0.3) is 11.8 Å². The highest BCUT2D eigenvalue weighted by Gasteiger charge is 2.98. The average Bonchev–Trinajstić information content (AvgIpc) is 3.45. The van der Waals surface area contributed by atoms with Gasteiger partial charge >= 0.3 is 0 Å². The van der Waals surface area contributed by atoms with Crippen LogP contribution in [0.25, 0.3) is 0 Å². The largest absolute Gasteiger partial charge is 0.335 e. The molecule has 2 saturated carbocycles. The lowest BCUT2D eigenvalue weighted by Gasteiger charge is -2.28. The molecule has 4 atom stereocenters. The number of hydrogen-bond donors (Lipinski definition) is 1. The van der Waals surface area contributed by atoms with Gasteiger partial charge in [0.15, 0.2) is 0 Å². The Bertz CT molecular complexity index is 1210. The summed E-state index contributed by atoms with van der Waals surface area (Å²) in [6.07, 6.45) is 2.33. The number of carbonyl (C=O) groups is 2. The first kappa shape index (κ1) is 17.7. The van der Waals surface area contributed by atoms with Crippen LogP contribution in [0.2, 0.25) is 0 Å². The third-order valence-corrected chi connectivity index (χ3v) is 7.95. The number of fused-ring (bicyclic) bond motifs is 1. The summed E-state index contributed by atoms with van der Waals surface area (Å²) in [4.78, 5) is 32.4. The maximum atomic E-state index is 13.3. The zero-order valence-corrected chi connectivity index (χ0v) is 17.3. The maximum Gasteiger partial charge on any atom is 0.283 e. The molecule has 4 unspecified atom stereocenters. The predicted octanol–water partition coefficient (Wildman–Crippen LogP) is 2.40. The number of benzene rings is 1. The van der Waals surface area contributed by atoms with Crippen molar-refractivity contribution in [2.45, 2.75) is 24.8 Å². The molecule has 150 valence electrons. The van der Waals surface area contributed by atoms with Gasteiger partial charge in [-0.3, -0.25) is 14.5 Å². The molecular weight excluding hydrogens is 398 g/mol. The second-order valence-electron chi connectivity index (χ2n) is 8.44. The molecule has 3 aromatic rings. The Morgan fingerprint density at radius 1 is 1.20 bits per heavy atom. The minimum Gasteiger partial charge on any atom is -0.335 e. The minimum absolute atomic E-state index is 0.103. The second kappa shape index (κ2) is 5.72. The lowest BCUT2D eigenvalue weighted by Crippen LogP contribution is -2.56. The number of nitrogens with zero attached hydrogens (tertiary/aromatic N) is 4. The van der Waals surface area contributed by atoms with E-state index in [0.717, 1.165) is 16.1 Å². The first-order valence-corrected chi connectivity index (χ1v) is 10.7. The molecule has 1 N–H and O–H groups in total. The number of hydrogen-bond acceptors (Lipinski definition) is 6. The van der Waals surface area contributed by atoms with E-state index in [9.17, 15) is 9.59 Å². The van der Waals surface area contributed by atoms with Gasteiger partial charge in [-0.2, -0.15) is 0 Å². The van der Waals surface area contributed by atoms with Gasteiger partial charge in [-0.1, -0.05) is 54.7 Å². The van der Waals surface area contributed by atoms with E-state index in [4.69, 9.17) is 0 Å². The fourth-order valence-corrected chi connectivity index (χ4v) is 6.20. The van der Waals surface area contributed by atoms with E-state index in [2.05, 4.69) is 27.4 Å². The van der Waals surface area contributed by atoms with Crippen molar-refractivity contribution >= 4 is 29.0 Å². The summed E-state index contributed by atoms with van der Waals surface area (Å²) in [6.45, 7) is 2.08. The van der Waals surface area contributed by atoms with E-state index in [1.165, 1.54) is 11.3 Å². The lowest BCUT2D eigenvalue weighted by molar-refractivity contribution is -0.123. The molecule has 2 amide bonds. The van der Waals surface area contributed by atoms with E-state index < -0.39 is 5.54 Å². The van der Waals surface area contributed by atoms with E-state index in [0.29, 0.717) is 12.2 Å². The second-order valence-corrected chi connectivity index (χ2v) is 9.51. The normalized spacial score (nSPS) is 30.2. The molecule has 7 nitrogen and oxygen atoms in total. The van der Waals surface area contributed by atoms with E-state index in [-0.39, 0.29) is 34.1 Å². The Kier molecular flexibility index (Phi) is 3.38. The summed E-state index contributed by atoms with van der Waals surface area (Å²) in [7, 11) is 1.73. The molecule has 0 saturated heterocycles. The van der Waals surface area contributed by atoms with E-state index >= 15 is 0 Å². The monoisotopic (exact) mass is 417 g/mol. The fourth-order valence-electron chi connectivity index (χ4n) is 5.43. The number of anilines is 1. The molecule has 0 radical (unpaired) electrons. The quantitative estimate of drug-likeness (QED) is 0.704. The third kappa shape index (κ3) is 2.06. The maximum absolute atomic E-state index is 13.3. The smallest absolute Gasteiger partial charge is 0.283 e. The van der Waals surface area contributed by atoms with Crippen LogP contribution in [0.15, 0.2) is 48.7 Å². The Balaban J connectivity index is 1.25. The van der Waals surface area contributed by atoms with Crippen LogP contribution in [0.1, 0.15) is 38.8 Å². The number of amides is 2. The Morgan fingerprint density at radius 2 is 1.97 bits per heavy atom. The van der Waals surface area contributed by atoms with Gasteiger partial charge in [-0.25, -0.2) is 4.98 Å². The number of nitrogens with one attached hydrogen (secondary N) is 1. The van der Waals surface area contributed by atoms with Gasteiger partial charge in [0, 0.05) is 36.9 Å². The highest BCUT2D eigenvalue weighted by Crippen LogP contribution is 2.91. The first-order valence-electron chi connectivity index (χ1n) is 9.90. The molecule has 2 aliphatic heterocycles. The van der Waals surface area contributed by atoms with Gasteiger partial charge in [0.1, 0.15) is 16.4 Å². The van der Waals surface area contributed by atoms with Gasteiger partial charge in [0.05, 0.1) is 0 Å².